The van der Waals surface area contributed by atoms with Gasteiger partial charge in [-0.2, -0.15) is 0 Å². The average Bonchev–Trinajstić information content (AvgIpc) is 3.07. The lowest BCUT2D eigenvalue weighted by molar-refractivity contribution is -0.158. The van der Waals surface area contributed by atoms with Gasteiger partial charge in [0.1, 0.15) is 23.2 Å². The van der Waals surface area contributed by atoms with Gasteiger partial charge < -0.3 is 19.7 Å². The number of imide groups is 1. The van der Waals surface area contributed by atoms with E-state index in [1.807, 2.05) is 30.3 Å². The number of ether oxygens (including phenoxy) is 2. The summed E-state index contributed by atoms with van der Waals surface area (Å²) in [5.74, 6) is 0.192. The first-order valence-electron chi connectivity index (χ1n) is 16.2. The number of carbonyl (C=O) groups excluding carboxylic acids is 4. The molecule has 2 saturated heterocycles. The van der Waals surface area contributed by atoms with Crippen LogP contribution in [0, 0.1) is 17.8 Å². The van der Waals surface area contributed by atoms with E-state index in [0.29, 0.717) is 42.1 Å². The molecule has 3 heterocycles. The van der Waals surface area contributed by atoms with Crippen LogP contribution in [0.5, 0.6) is 5.75 Å². The highest BCUT2D eigenvalue weighted by molar-refractivity contribution is 6.09. The van der Waals surface area contributed by atoms with E-state index in [1.165, 1.54) is 11.9 Å². The van der Waals surface area contributed by atoms with Gasteiger partial charge in [-0.1, -0.05) is 36.4 Å². The molecule has 0 bridgehead atoms. The number of urea groups is 1. The number of likely N-dealkylation sites (tertiary alicyclic amines) is 2. The van der Waals surface area contributed by atoms with Crippen LogP contribution in [-0.2, 0) is 27.3 Å². The minimum atomic E-state index is -0.934. The van der Waals surface area contributed by atoms with E-state index in [9.17, 15) is 19.2 Å². The summed E-state index contributed by atoms with van der Waals surface area (Å²) in [6.45, 7) is 6.68. The van der Waals surface area contributed by atoms with Crippen molar-refractivity contribution >= 4 is 29.8 Å². The molecule has 1 aromatic carbocycles. The maximum Gasteiger partial charge on any atom is 0.416 e. The number of hydrogen-bond donors (Lipinski definition) is 1. The summed E-state index contributed by atoms with van der Waals surface area (Å²) in [7, 11) is 3.10. The molecule has 250 valence electrons. The number of nitrogens with zero attached hydrogens (tertiary/aromatic N) is 4. The standard InChI is InChI=1S/C36H45N5O6/c1-36(2,3)47-35(45)40(22-24-13-15-28(46-5)16-14-24)30-21-25(17-18-38-30)20-29-31(32(42)37-4)41(33(29)43)34(44)39-19-9-12-27(23-39)26-10-7-6-8-11-26/h6-8,10,13-18,21,26-27,29,31H,9,11-12,19-20,22-23H2,1-5H3,(H,37,42)/t26?,27-,29-,31+/m1/s1. The minimum Gasteiger partial charge on any atom is -0.497 e. The molecule has 1 N–H and O–H groups in total. The van der Waals surface area contributed by atoms with Gasteiger partial charge in [-0.15, -0.1) is 0 Å². The molecular weight excluding hydrogens is 598 g/mol. The number of rotatable bonds is 8. The average molecular weight is 644 g/mol. The predicted molar refractivity (Wildman–Crippen MR) is 178 cm³/mol. The van der Waals surface area contributed by atoms with Crippen molar-refractivity contribution in [3.05, 3.63) is 78.0 Å². The number of anilines is 1. The molecule has 1 unspecified atom stereocenters. The Bertz CT molecular complexity index is 1530. The lowest BCUT2D eigenvalue weighted by Crippen LogP contribution is -2.70. The molecule has 2 aliphatic heterocycles. The van der Waals surface area contributed by atoms with E-state index in [1.54, 1.807) is 51.1 Å². The van der Waals surface area contributed by atoms with Crippen molar-refractivity contribution in [2.45, 2.75) is 64.6 Å². The van der Waals surface area contributed by atoms with Crippen molar-refractivity contribution in [3.63, 3.8) is 0 Å². The van der Waals surface area contributed by atoms with E-state index in [0.717, 1.165) is 29.7 Å². The number of methoxy groups -OCH3 is 1. The Hall–Kier alpha value is -4.67. The molecular formula is C36H45N5O6. The molecule has 4 atom stereocenters. The maximum atomic E-state index is 13.7. The fraction of sp³-hybridized carbons (Fsp3) is 0.472. The van der Waals surface area contributed by atoms with Crippen molar-refractivity contribution in [3.8, 4) is 5.75 Å². The Kier molecular flexibility index (Phi) is 10.3. The van der Waals surface area contributed by atoms with Gasteiger partial charge in [0.05, 0.1) is 19.6 Å². The zero-order valence-corrected chi connectivity index (χ0v) is 27.8. The number of aromatic nitrogens is 1. The van der Waals surface area contributed by atoms with E-state index in [-0.39, 0.29) is 24.8 Å². The highest BCUT2D eigenvalue weighted by atomic mass is 16.6. The fourth-order valence-corrected chi connectivity index (χ4v) is 6.50. The Morgan fingerprint density at radius 1 is 1.09 bits per heavy atom. The molecule has 11 nitrogen and oxygen atoms in total. The zero-order valence-electron chi connectivity index (χ0n) is 27.8. The number of piperidine rings is 1. The number of allylic oxidation sites excluding steroid dienone is 4. The van der Waals surface area contributed by atoms with Crippen LogP contribution in [0.25, 0.3) is 0 Å². The first-order chi connectivity index (χ1) is 22.5. The summed E-state index contributed by atoms with van der Waals surface area (Å²) < 4.78 is 11.0. The van der Waals surface area contributed by atoms with Crippen molar-refractivity contribution in [2.24, 2.45) is 17.8 Å². The molecule has 11 heteroatoms. The maximum absolute atomic E-state index is 13.7. The lowest BCUT2D eigenvalue weighted by atomic mass is 9.80. The molecule has 47 heavy (non-hydrogen) atoms. The van der Waals surface area contributed by atoms with E-state index in [4.69, 9.17) is 9.47 Å². The predicted octanol–water partition coefficient (Wildman–Crippen LogP) is 5.11. The molecule has 1 aliphatic carbocycles. The van der Waals surface area contributed by atoms with Gasteiger partial charge in [-0.3, -0.25) is 19.4 Å². The van der Waals surface area contributed by atoms with Gasteiger partial charge in [0.25, 0.3) is 0 Å². The van der Waals surface area contributed by atoms with Crippen molar-refractivity contribution in [1.29, 1.82) is 0 Å². The molecule has 0 saturated carbocycles. The third kappa shape index (κ3) is 7.84. The second-order valence-electron chi connectivity index (χ2n) is 13.4. The molecule has 2 fully saturated rings. The number of amides is 5. The van der Waals surface area contributed by atoms with Gasteiger partial charge in [0.2, 0.25) is 11.8 Å². The molecule has 5 amide bonds. The van der Waals surface area contributed by atoms with Crippen molar-refractivity contribution in [2.75, 3.05) is 32.1 Å². The van der Waals surface area contributed by atoms with Crippen LogP contribution < -0.4 is 15.0 Å². The summed E-state index contributed by atoms with van der Waals surface area (Å²) in [6, 6.07) is 9.49. The molecule has 0 spiro atoms. The fourth-order valence-electron chi connectivity index (χ4n) is 6.50. The topological polar surface area (TPSA) is 121 Å². The van der Waals surface area contributed by atoms with Gasteiger partial charge >= 0.3 is 12.1 Å². The van der Waals surface area contributed by atoms with Crippen molar-refractivity contribution < 1.29 is 28.7 Å². The van der Waals surface area contributed by atoms with Crippen LogP contribution in [0.1, 0.15) is 51.2 Å². The summed E-state index contributed by atoms with van der Waals surface area (Å²) in [5, 5.41) is 2.64. The summed E-state index contributed by atoms with van der Waals surface area (Å²) in [6.07, 6.45) is 12.4. The van der Waals surface area contributed by atoms with Gasteiger partial charge in [0, 0.05) is 26.3 Å². The van der Waals surface area contributed by atoms with Crippen LogP contribution in [0.3, 0.4) is 0 Å². The normalized spacial score (nSPS) is 22.4. The van der Waals surface area contributed by atoms with Crippen molar-refractivity contribution in [1.82, 2.24) is 20.1 Å². The monoisotopic (exact) mass is 643 g/mol. The first-order valence-corrected chi connectivity index (χ1v) is 16.2. The first kappa shape index (κ1) is 33.7. The zero-order chi connectivity index (χ0) is 33.7. The second kappa shape index (κ2) is 14.4. The summed E-state index contributed by atoms with van der Waals surface area (Å²) in [5.41, 5.74) is 0.802. The quantitative estimate of drug-likeness (QED) is 0.397. The highest BCUT2D eigenvalue weighted by Gasteiger charge is 2.55. The largest absolute Gasteiger partial charge is 0.497 e. The number of pyridine rings is 1. The van der Waals surface area contributed by atoms with Crippen LogP contribution >= 0.6 is 0 Å². The molecule has 2 aromatic rings. The number of benzene rings is 1. The smallest absolute Gasteiger partial charge is 0.416 e. The lowest BCUT2D eigenvalue weighted by Gasteiger charge is -2.47. The number of nitrogens with one attached hydrogen (secondary N) is 1. The molecule has 5 rings (SSSR count). The Labute approximate surface area is 276 Å². The van der Waals surface area contributed by atoms with Gasteiger partial charge in [0.15, 0.2) is 0 Å². The Balaban J connectivity index is 1.33. The number of hydrogen-bond acceptors (Lipinski definition) is 7. The van der Waals surface area contributed by atoms with E-state index in [2.05, 4.69) is 28.5 Å². The van der Waals surface area contributed by atoms with Crippen LogP contribution in [0.2, 0.25) is 0 Å². The van der Waals surface area contributed by atoms with E-state index >= 15 is 0 Å². The third-order valence-corrected chi connectivity index (χ3v) is 8.94. The second-order valence-corrected chi connectivity index (χ2v) is 13.4. The summed E-state index contributed by atoms with van der Waals surface area (Å²) in [4.78, 5) is 62.6. The van der Waals surface area contributed by atoms with Crippen LogP contribution in [-0.4, -0.2) is 77.6 Å². The Morgan fingerprint density at radius 2 is 1.85 bits per heavy atom. The number of carbonyl (C=O) groups is 4. The molecule has 1 aromatic heterocycles. The highest BCUT2D eigenvalue weighted by Crippen LogP contribution is 2.35. The molecule has 0 radical (unpaired) electrons. The summed E-state index contributed by atoms with van der Waals surface area (Å²) >= 11 is 0. The van der Waals surface area contributed by atoms with Crippen LogP contribution in [0.4, 0.5) is 15.4 Å². The SMILES string of the molecule is CNC(=O)[C@@H]1[C@@H](Cc2ccnc(N(Cc3ccc(OC)cc3)C(=O)OC(C)(C)C)c2)C(=O)N1C(=O)N1CCC[C@@H](C2C=CC=CC2)C1. The Morgan fingerprint density at radius 3 is 2.51 bits per heavy atom. The van der Waals surface area contributed by atoms with Gasteiger partial charge in [-0.05, 0) is 93.7 Å². The number of likely N-dealkylation sites (N-methyl/N-ethyl adjacent to an activating group) is 1. The van der Waals surface area contributed by atoms with E-state index < -0.39 is 29.7 Å². The number of β-lactam (4-membered cyclic amide) rings is 1. The van der Waals surface area contributed by atoms with Gasteiger partial charge in [-0.25, -0.2) is 14.6 Å². The van der Waals surface area contributed by atoms with Crippen LogP contribution in [0.15, 0.2) is 66.9 Å². The third-order valence-electron chi connectivity index (χ3n) is 8.94. The minimum absolute atomic E-state index is 0.185. The molecule has 3 aliphatic rings.